The number of aryl methyl sites for hydroxylation is 2. The summed E-state index contributed by atoms with van der Waals surface area (Å²) in [6.45, 7) is 1.01. The number of anilines is 1. The lowest BCUT2D eigenvalue weighted by atomic mass is 10.1. The molecule has 2 heterocycles. The molecule has 0 fully saturated rings. The molecule has 1 atom stereocenters. The Balaban J connectivity index is 1.69. The summed E-state index contributed by atoms with van der Waals surface area (Å²) >= 11 is 0. The second-order valence-corrected chi connectivity index (χ2v) is 5.26. The van der Waals surface area contributed by atoms with Gasteiger partial charge in [0.05, 0.1) is 31.9 Å². The van der Waals surface area contributed by atoms with E-state index in [2.05, 4.69) is 20.0 Å². The molecule has 2 N–H and O–H groups in total. The molecule has 1 unspecified atom stereocenters. The standard InChI is InChI=1S/C16H18N4O3/c1-23-16(22)12-4-2-11(3-5-12)6-7-20-10-19-14-13(21)8-17-9-18-15(14)20/h2-5,9-10,13,21H,6-8H2,1H3,(H,17,18). The van der Waals surface area contributed by atoms with Crippen molar-refractivity contribution in [3.63, 3.8) is 0 Å². The van der Waals surface area contributed by atoms with E-state index in [1.165, 1.54) is 7.11 Å². The lowest BCUT2D eigenvalue weighted by Gasteiger charge is -2.10. The first-order valence-electron chi connectivity index (χ1n) is 7.34. The van der Waals surface area contributed by atoms with Gasteiger partial charge >= 0.3 is 5.97 Å². The molecule has 0 aliphatic carbocycles. The van der Waals surface area contributed by atoms with Crippen LogP contribution in [-0.4, -0.2) is 40.6 Å². The van der Waals surface area contributed by atoms with Crippen molar-refractivity contribution in [3.05, 3.63) is 47.4 Å². The van der Waals surface area contributed by atoms with Crippen LogP contribution >= 0.6 is 0 Å². The smallest absolute Gasteiger partial charge is 0.337 e. The summed E-state index contributed by atoms with van der Waals surface area (Å²) in [5.41, 5.74) is 2.25. The van der Waals surface area contributed by atoms with Gasteiger partial charge in [-0.1, -0.05) is 12.1 Å². The summed E-state index contributed by atoms with van der Waals surface area (Å²) in [5, 5.41) is 13.0. The number of carbonyl (C=O) groups is 1. The predicted molar refractivity (Wildman–Crippen MR) is 85.7 cm³/mol. The van der Waals surface area contributed by atoms with E-state index in [4.69, 9.17) is 0 Å². The number of methoxy groups -OCH3 is 1. The normalized spacial score (nSPS) is 16.3. The SMILES string of the molecule is COC(=O)c1ccc(CCn2cnc3c2NC=NCC3O)cc1. The summed E-state index contributed by atoms with van der Waals surface area (Å²) in [7, 11) is 1.37. The van der Waals surface area contributed by atoms with E-state index >= 15 is 0 Å². The van der Waals surface area contributed by atoms with Gasteiger partial charge in [0, 0.05) is 6.54 Å². The highest BCUT2D eigenvalue weighted by Gasteiger charge is 2.19. The number of esters is 1. The van der Waals surface area contributed by atoms with Gasteiger partial charge < -0.3 is 19.7 Å². The van der Waals surface area contributed by atoms with Gasteiger partial charge in [0.25, 0.3) is 0 Å². The molecule has 7 heteroatoms. The fourth-order valence-electron chi connectivity index (χ4n) is 2.49. The van der Waals surface area contributed by atoms with Crippen molar-refractivity contribution in [2.75, 3.05) is 19.0 Å². The molecular formula is C16H18N4O3. The average Bonchev–Trinajstić information content (AvgIpc) is 2.90. The Morgan fingerprint density at radius 3 is 2.96 bits per heavy atom. The lowest BCUT2D eigenvalue weighted by Crippen LogP contribution is -2.08. The number of ether oxygens (including phenoxy) is 1. The van der Waals surface area contributed by atoms with Crippen LogP contribution in [0.4, 0.5) is 5.82 Å². The minimum atomic E-state index is -0.683. The Labute approximate surface area is 133 Å². The summed E-state index contributed by atoms with van der Waals surface area (Å²) in [4.78, 5) is 19.7. The fourth-order valence-corrected chi connectivity index (χ4v) is 2.49. The summed E-state index contributed by atoms with van der Waals surface area (Å²) in [5.74, 6) is 0.430. The summed E-state index contributed by atoms with van der Waals surface area (Å²) in [6.07, 6.45) is 3.39. The van der Waals surface area contributed by atoms with Crippen LogP contribution in [-0.2, 0) is 17.7 Å². The maximum absolute atomic E-state index is 11.4. The van der Waals surface area contributed by atoms with Crippen molar-refractivity contribution in [2.45, 2.75) is 19.1 Å². The van der Waals surface area contributed by atoms with E-state index in [1.54, 1.807) is 24.8 Å². The van der Waals surface area contributed by atoms with Crippen molar-refractivity contribution in [2.24, 2.45) is 4.99 Å². The molecule has 1 aromatic carbocycles. The third-order valence-electron chi connectivity index (χ3n) is 3.77. The Kier molecular flexibility index (Phi) is 4.38. The highest BCUT2D eigenvalue weighted by molar-refractivity contribution is 5.89. The van der Waals surface area contributed by atoms with E-state index in [0.717, 1.165) is 17.8 Å². The van der Waals surface area contributed by atoms with Crippen LogP contribution in [0.25, 0.3) is 0 Å². The highest BCUT2D eigenvalue weighted by atomic mass is 16.5. The number of hydrogen-bond donors (Lipinski definition) is 2. The van der Waals surface area contributed by atoms with Crippen molar-refractivity contribution in [1.82, 2.24) is 9.55 Å². The summed E-state index contributed by atoms with van der Waals surface area (Å²) < 4.78 is 6.63. The largest absolute Gasteiger partial charge is 0.465 e. The molecule has 7 nitrogen and oxygen atoms in total. The molecular weight excluding hydrogens is 296 g/mol. The molecule has 1 aliphatic heterocycles. The maximum atomic E-state index is 11.4. The number of rotatable bonds is 4. The van der Waals surface area contributed by atoms with Crippen LogP contribution in [0, 0.1) is 0 Å². The second kappa shape index (κ2) is 6.62. The third kappa shape index (κ3) is 3.24. The number of aromatic nitrogens is 2. The lowest BCUT2D eigenvalue weighted by molar-refractivity contribution is 0.0600. The zero-order chi connectivity index (χ0) is 16.2. The van der Waals surface area contributed by atoms with Crippen molar-refractivity contribution in [1.29, 1.82) is 0 Å². The monoisotopic (exact) mass is 314 g/mol. The van der Waals surface area contributed by atoms with Gasteiger partial charge in [0.1, 0.15) is 17.6 Å². The zero-order valence-electron chi connectivity index (χ0n) is 12.8. The number of imidazole rings is 1. The molecule has 120 valence electrons. The topological polar surface area (TPSA) is 88.7 Å². The number of aliphatic hydroxyl groups is 1. The number of benzene rings is 1. The summed E-state index contributed by atoms with van der Waals surface area (Å²) in [6, 6.07) is 7.33. The van der Waals surface area contributed by atoms with E-state index in [1.807, 2.05) is 16.7 Å². The predicted octanol–water partition coefficient (Wildman–Crippen LogP) is 1.40. The van der Waals surface area contributed by atoms with Gasteiger partial charge in [-0.3, -0.25) is 4.99 Å². The number of aliphatic imine (C=N–C) groups is 1. The van der Waals surface area contributed by atoms with Crippen molar-refractivity contribution in [3.8, 4) is 0 Å². The minimum absolute atomic E-state index is 0.312. The van der Waals surface area contributed by atoms with Crippen molar-refractivity contribution < 1.29 is 14.6 Å². The van der Waals surface area contributed by atoms with Crippen LogP contribution in [0.2, 0.25) is 0 Å². The zero-order valence-corrected chi connectivity index (χ0v) is 12.8. The van der Waals surface area contributed by atoms with Crippen molar-refractivity contribution >= 4 is 18.1 Å². The van der Waals surface area contributed by atoms with E-state index in [0.29, 0.717) is 24.3 Å². The molecule has 1 aromatic heterocycles. The van der Waals surface area contributed by atoms with Gasteiger partial charge in [-0.2, -0.15) is 0 Å². The van der Waals surface area contributed by atoms with Crippen LogP contribution in [0.15, 0.2) is 35.6 Å². The molecule has 0 saturated carbocycles. The number of aliphatic hydroxyl groups excluding tert-OH is 1. The number of fused-ring (bicyclic) bond motifs is 1. The molecule has 0 spiro atoms. The van der Waals surface area contributed by atoms with E-state index in [9.17, 15) is 9.90 Å². The number of carbonyl (C=O) groups excluding carboxylic acids is 1. The van der Waals surface area contributed by atoms with Gasteiger partial charge in [-0.15, -0.1) is 0 Å². The number of nitrogens with one attached hydrogen (secondary N) is 1. The number of hydrogen-bond acceptors (Lipinski definition) is 6. The molecule has 3 rings (SSSR count). The Hall–Kier alpha value is -2.67. The Morgan fingerprint density at radius 1 is 1.43 bits per heavy atom. The molecule has 1 aliphatic rings. The van der Waals surface area contributed by atoms with Gasteiger partial charge in [-0.05, 0) is 24.1 Å². The molecule has 0 saturated heterocycles. The van der Waals surface area contributed by atoms with E-state index in [-0.39, 0.29) is 5.97 Å². The molecule has 23 heavy (non-hydrogen) atoms. The van der Waals surface area contributed by atoms with Crippen LogP contribution in [0.1, 0.15) is 27.7 Å². The molecule has 0 amide bonds. The van der Waals surface area contributed by atoms with Crippen LogP contribution in [0.5, 0.6) is 0 Å². The first-order chi connectivity index (χ1) is 11.2. The quantitative estimate of drug-likeness (QED) is 0.833. The molecule has 2 aromatic rings. The fraction of sp³-hybridized carbons (Fsp3) is 0.312. The van der Waals surface area contributed by atoms with Gasteiger partial charge in [-0.25, -0.2) is 9.78 Å². The molecule has 0 bridgehead atoms. The van der Waals surface area contributed by atoms with Crippen LogP contribution in [0.3, 0.4) is 0 Å². The highest BCUT2D eigenvalue weighted by Crippen LogP contribution is 2.23. The Bertz CT molecular complexity index is 721. The van der Waals surface area contributed by atoms with Gasteiger partial charge in [0.2, 0.25) is 0 Å². The second-order valence-electron chi connectivity index (χ2n) is 5.26. The Morgan fingerprint density at radius 2 is 2.22 bits per heavy atom. The first kappa shape index (κ1) is 15.2. The van der Waals surface area contributed by atoms with E-state index < -0.39 is 6.10 Å². The third-order valence-corrected chi connectivity index (χ3v) is 3.77. The van der Waals surface area contributed by atoms with Crippen LogP contribution < -0.4 is 5.32 Å². The van der Waals surface area contributed by atoms with Gasteiger partial charge in [0.15, 0.2) is 0 Å². The minimum Gasteiger partial charge on any atom is -0.465 e. The molecule has 0 radical (unpaired) electrons. The first-order valence-corrected chi connectivity index (χ1v) is 7.34. The average molecular weight is 314 g/mol. The maximum Gasteiger partial charge on any atom is 0.337 e. The number of nitrogens with zero attached hydrogens (tertiary/aromatic N) is 3.